The fraction of sp³-hybridized carbons (Fsp3) is 0.700. The first-order valence-electron chi connectivity index (χ1n) is 4.70. The van der Waals surface area contributed by atoms with Crippen LogP contribution in [0.15, 0.2) is 11.1 Å². The van der Waals surface area contributed by atoms with Crippen molar-refractivity contribution in [2.45, 2.75) is 38.5 Å². The van der Waals surface area contributed by atoms with E-state index in [0.29, 0.717) is 0 Å². The average molecular weight is 166 g/mol. The van der Waals surface area contributed by atoms with Gasteiger partial charge in [0.25, 0.3) is 0 Å². The summed E-state index contributed by atoms with van der Waals surface area (Å²) in [5.74, 6) is -0.685. The van der Waals surface area contributed by atoms with Gasteiger partial charge < -0.3 is 5.11 Å². The summed E-state index contributed by atoms with van der Waals surface area (Å²) in [7, 11) is 0. The second-order valence-electron chi connectivity index (χ2n) is 3.84. The molecule has 0 heterocycles. The van der Waals surface area contributed by atoms with Crippen molar-refractivity contribution in [3.05, 3.63) is 11.1 Å². The third-order valence-corrected chi connectivity index (χ3v) is 3.09. The maximum atomic E-state index is 10.7. The van der Waals surface area contributed by atoms with Gasteiger partial charge in [0.1, 0.15) is 0 Å². The van der Waals surface area contributed by atoms with Crippen molar-refractivity contribution >= 4 is 5.97 Å². The molecule has 2 nitrogen and oxygen atoms in total. The Labute approximate surface area is 72.3 Å². The van der Waals surface area contributed by atoms with Gasteiger partial charge in [0.15, 0.2) is 0 Å². The van der Waals surface area contributed by atoms with Crippen LogP contribution < -0.4 is 0 Å². The third-order valence-electron chi connectivity index (χ3n) is 3.09. The number of rotatable bonds is 1. The van der Waals surface area contributed by atoms with Gasteiger partial charge in [-0.15, -0.1) is 0 Å². The van der Waals surface area contributed by atoms with E-state index in [1.807, 2.05) is 0 Å². The van der Waals surface area contributed by atoms with Crippen LogP contribution >= 0.6 is 0 Å². The largest absolute Gasteiger partial charge is 0.481 e. The van der Waals surface area contributed by atoms with Crippen molar-refractivity contribution in [3.8, 4) is 0 Å². The lowest BCUT2D eigenvalue weighted by molar-refractivity contribution is -0.142. The van der Waals surface area contributed by atoms with Gasteiger partial charge in [-0.05, 0) is 38.5 Å². The molecule has 0 fully saturated rings. The lowest BCUT2D eigenvalue weighted by atomic mass is 9.85. The van der Waals surface area contributed by atoms with Crippen LogP contribution in [0.1, 0.15) is 38.5 Å². The summed E-state index contributed by atoms with van der Waals surface area (Å²) in [4.78, 5) is 10.7. The number of carbonyl (C=O) groups is 1. The van der Waals surface area contributed by atoms with E-state index in [2.05, 4.69) is 0 Å². The molecule has 0 saturated heterocycles. The van der Waals surface area contributed by atoms with Gasteiger partial charge in [0, 0.05) is 0 Å². The SMILES string of the molecule is O=C(O)C1CCC2=C(CCC2)C1. The molecule has 2 rings (SSSR count). The maximum Gasteiger partial charge on any atom is 0.306 e. The second kappa shape index (κ2) is 2.92. The molecule has 0 aromatic rings. The van der Waals surface area contributed by atoms with E-state index in [-0.39, 0.29) is 5.92 Å². The smallest absolute Gasteiger partial charge is 0.306 e. The normalized spacial score (nSPS) is 28.8. The minimum absolute atomic E-state index is 0.0816. The summed E-state index contributed by atoms with van der Waals surface area (Å²) < 4.78 is 0. The highest BCUT2D eigenvalue weighted by Gasteiger charge is 2.27. The molecule has 0 saturated carbocycles. The Kier molecular flexibility index (Phi) is 1.91. The first-order valence-corrected chi connectivity index (χ1v) is 4.70. The van der Waals surface area contributed by atoms with Gasteiger partial charge in [0.2, 0.25) is 0 Å². The van der Waals surface area contributed by atoms with Crippen LogP contribution in [0.5, 0.6) is 0 Å². The zero-order valence-electron chi connectivity index (χ0n) is 7.18. The van der Waals surface area contributed by atoms with Crippen LogP contribution in [0.2, 0.25) is 0 Å². The fourth-order valence-corrected chi connectivity index (χ4v) is 2.38. The summed E-state index contributed by atoms with van der Waals surface area (Å²) in [5, 5.41) is 8.84. The monoisotopic (exact) mass is 166 g/mol. The van der Waals surface area contributed by atoms with Crippen LogP contribution in [0.3, 0.4) is 0 Å². The average Bonchev–Trinajstić information content (AvgIpc) is 2.49. The van der Waals surface area contributed by atoms with E-state index in [1.54, 1.807) is 5.57 Å². The molecule has 66 valence electrons. The van der Waals surface area contributed by atoms with Crippen molar-refractivity contribution in [1.82, 2.24) is 0 Å². The Morgan fingerprint density at radius 3 is 2.75 bits per heavy atom. The highest BCUT2D eigenvalue weighted by molar-refractivity contribution is 5.70. The van der Waals surface area contributed by atoms with E-state index in [4.69, 9.17) is 5.11 Å². The molecular formula is C10H14O2. The highest BCUT2D eigenvalue weighted by atomic mass is 16.4. The van der Waals surface area contributed by atoms with E-state index >= 15 is 0 Å². The standard InChI is InChI=1S/C10H14O2/c11-10(12)9-5-4-7-2-1-3-8(7)6-9/h9H,1-6H2,(H,11,12). The molecule has 1 N–H and O–H groups in total. The summed E-state index contributed by atoms with van der Waals surface area (Å²) in [5.41, 5.74) is 3.04. The van der Waals surface area contributed by atoms with Gasteiger partial charge in [-0.3, -0.25) is 4.79 Å². The first-order chi connectivity index (χ1) is 5.77. The third kappa shape index (κ3) is 1.26. The van der Waals surface area contributed by atoms with E-state index < -0.39 is 5.97 Å². The highest BCUT2D eigenvalue weighted by Crippen LogP contribution is 2.39. The molecule has 0 spiro atoms. The molecule has 2 aliphatic rings. The van der Waals surface area contributed by atoms with Crippen LogP contribution in [0.25, 0.3) is 0 Å². The summed E-state index contributed by atoms with van der Waals surface area (Å²) in [6.45, 7) is 0. The minimum Gasteiger partial charge on any atom is -0.481 e. The van der Waals surface area contributed by atoms with E-state index in [1.165, 1.54) is 24.8 Å². The van der Waals surface area contributed by atoms with Gasteiger partial charge in [0.05, 0.1) is 5.92 Å². The van der Waals surface area contributed by atoms with Crippen LogP contribution in [-0.2, 0) is 4.79 Å². The molecule has 0 amide bonds. The molecule has 2 aliphatic carbocycles. The lowest BCUT2D eigenvalue weighted by Gasteiger charge is -2.20. The zero-order chi connectivity index (χ0) is 8.55. The van der Waals surface area contributed by atoms with Crippen LogP contribution in [0.4, 0.5) is 0 Å². The predicted octanol–water partition coefficient (Wildman–Crippen LogP) is 2.35. The summed E-state index contributed by atoms with van der Waals surface area (Å²) >= 11 is 0. The predicted molar refractivity (Wildman–Crippen MR) is 45.9 cm³/mol. The Morgan fingerprint density at radius 1 is 1.25 bits per heavy atom. The van der Waals surface area contributed by atoms with Crippen LogP contribution in [0, 0.1) is 5.92 Å². The van der Waals surface area contributed by atoms with Crippen molar-refractivity contribution in [2.24, 2.45) is 5.92 Å². The van der Waals surface area contributed by atoms with Crippen molar-refractivity contribution < 1.29 is 9.90 Å². The number of carboxylic acid groups (broad SMARTS) is 1. The number of carboxylic acids is 1. The van der Waals surface area contributed by atoms with Gasteiger partial charge in [-0.1, -0.05) is 11.1 Å². The molecule has 12 heavy (non-hydrogen) atoms. The Hall–Kier alpha value is -0.790. The van der Waals surface area contributed by atoms with Gasteiger partial charge in [-0.2, -0.15) is 0 Å². The van der Waals surface area contributed by atoms with Crippen molar-refractivity contribution in [2.75, 3.05) is 0 Å². The number of hydrogen-bond donors (Lipinski definition) is 1. The van der Waals surface area contributed by atoms with Gasteiger partial charge in [-0.25, -0.2) is 0 Å². The molecule has 0 aliphatic heterocycles. The van der Waals surface area contributed by atoms with Gasteiger partial charge >= 0.3 is 5.97 Å². The quantitative estimate of drug-likeness (QED) is 0.607. The first kappa shape index (κ1) is 7.84. The Bertz CT molecular complexity index is 240. The minimum atomic E-state index is -0.603. The topological polar surface area (TPSA) is 37.3 Å². The molecular weight excluding hydrogens is 152 g/mol. The molecule has 0 aromatic heterocycles. The summed E-state index contributed by atoms with van der Waals surface area (Å²) in [6.07, 6.45) is 6.42. The van der Waals surface area contributed by atoms with Crippen LogP contribution in [-0.4, -0.2) is 11.1 Å². The second-order valence-corrected chi connectivity index (χ2v) is 3.84. The van der Waals surface area contributed by atoms with E-state index in [9.17, 15) is 4.79 Å². The molecule has 0 radical (unpaired) electrons. The Morgan fingerprint density at radius 2 is 2.00 bits per heavy atom. The maximum absolute atomic E-state index is 10.7. The zero-order valence-corrected chi connectivity index (χ0v) is 7.18. The number of aliphatic carboxylic acids is 1. The molecule has 0 bridgehead atoms. The molecule has 0 aromatic carbocycles. The fourth-order valence-electron chi connectivity index (χ4n) is 2.38. The van der Waals surface area contributed by atoms with Crippen molar-refractivity contribution in [1.29, 1.82) is 0 Å². The summed E-state index contributed by atoms with van der Waals surface area (Å²) in [6, 6.07) is 0. The molecule has 1 unspecified atom stereocenters. The molecule has 2 heteroatoms. The van der Waals surface area contributed by atoms with Crippen molar-refractivity contribution in [3.63, 3.8) is 0 Å². The molecule has 1 atom stereocenters. The number of hydrogen-bond acceptors (Lipinski definition) is 1. The Balaban J connectivity index is 2.09. The number of allylic oxidation sites excluding steroid dienone is 2. The lowest BCUT2D eigenvalue weighted by Crippen LogP contribution is -2.17. The van der Waals surface area contributed by atoms with E-state index in [0.717, 1.165) is 19.3 Å².